The Labute approximate surface area is 124 Å². The maximum absolute atomic E-state index is 12.1. The van der Waals surface area contributed by atoms with Crippen LogP contribution in [0.5, 0.6) is 0 Å². The van der Waals surface area contributed by atoms with Crippen molar-refractivity contribution < 1.29 is 13.2 Å². The van der Waals surface area contributed by atoms with Crippen LogP contribution in [0.3, 0.4) is 0 Å². The Bertz CT molecular complexity index is 349. The van der Waals surface area contributed by atoms with E-state index in [0.717, 1.165) is 25.9 Å². The van der Waals surface area contributed by atoms with Crippen molar-refractivity contribution in [3.05, 3.63) is 0 Å². The summed E-state index contributed by atoms with van der Waals surface area (Å²) in [6, 6.07) is 0. The van der Waals surface area contributed by atoms with Crippen LogP contribution in [0.1, 0.15) is 33.1 Å². The zero-order valence-electron chi connectivity index (χ0n) is 13.1. The summed E-state index contributed by atoms with van der Waals surface area (Å²) < 4.78 is 30.8. The molecule has 0 unspecified atom stereocenters. The summed E-state index contributed by atoms with van der Waals surface area (Å²) in [5.74, 6) is 1.48. The SMILES string of the molecule is COCCCS(=O)(=O)N1CCC(CNCC(C)C)CC1. The van der Waals surface area contributed by atoms with Gasteiger partial charge in [-0.3, -0.25) is 0 Å². The van der Waals surface area contributed by atoms with Gasteiger partial charge in [-0.1, -0.05) is 13.8 Å². The highest BCUT2D eigenvalue weighted by Gasteiger charge is 2.27. The molecular formula is C14H30N2O3S. The first kappa shape index (κ1) is 17.9. The number of nitrogens with one attached hydrogen (secondary N) is 1. The molecule has 0 atom stereocenters. The molecule has 1 rings (SSSR count). The lowest BCUT2D eigenvalue weighted by Crippen LogP contribution is -2.42. The summed E-state index contributed by atoms with van der Waals surface area (Å²) in [4.78, 5) is 0. The van der Waals surface area contributed by atoms with Gasteiger partial charge < -0.3 is 10.1 Å². The number of rotatable bonds is 9. The van der Waals surface area contributed by atoms with Crippen molar-refractivity contribution in [2.24, 2.45) is 11.8 Å². The molecule has 0 bridgehead atoms. The monoisotopic (exact) mass is 306 g/mol. The number of piperidine rings is 1. The Morgan fingerprint density at radius 3 is 2.50 bits per heavy atom. The highest BCUT2D eigenvalue weighted by atomic mass is 32.2. The molecule has 120 valence electrons. The second kappa shape index (κ2) is 8.97. The van der Waals surface area contributed by atoms with Gasteiger partial charge in [0.2, 0.25) is 10.0 Å². The number of hydrogen-bond acceptors (Lipinski definition) is 4. The van der Waals surface area contributed by atoms with Crippen LogP contribution in [0, 0.1) is 11.8 Å². The molecule has 0 aromatic carbocycles. The number of nitrogens with zero attached hydrogens (tertiary/aromatic N) is 1. The molecule has 1 saturated heterocycles. The van der Waals surface area contributed by atoms with Gasteiger partial charge in [-0.25, -0.2) is 12.7 Å². The number of methoxy groups -OCH3 is 1. The molecule has 1 N–H and O–H groups in total. The Kier molecular flexibility index (Phi) is 8.02. The minimum atomic E-state index is -3.08. The molecule has 20 heavy (non-hydrogen) atoms. The summed E-state index contributed by atoms with van der Waals surface area (Å²) in [5, 5.41) is 3.47. The van der Waals surface area contributed by atoms with E-state index in [4.69, 9.17) is 4.74 Å². The van der Waals surface area contributed by atoms with E-state index in [-0.39, 0.29) is 5.75 Å². The minimum Gasteiger partial charge on any atom is -0.385 e. The number of hydrogen-bond donors (Lipinski definition) is 1. The molecule has 0 amide bonds. The van der Waals surface area contributed by atoms with E-state index in [1.165, 1.54) is 0 Å². The third-order valence-electron chi connectivity index (χ3n) is 3.70. The van der Waals surface area contributed by atoms with Crippen LogP contribution in [-0.2, 0) is 14.8 Å². The first-order valence-electron chi connectivity index (χ1n) is 7.63. The summed E-state index contributed by atoms with van der Waals surface area (Å²) in [5.41, 5.74) is 0. The molecule has 1 fully saturated rings. The third-order valence-corrected chi connectivity index (χ3v) is 5.66. The first-order valence-corrected chi connectivity index (χ1v) is 9.24. The Morgan fingerprint density at radius 2 is 1.95 bits per heavy atom. The average molecular weight is 306 g/mol. The van der Waals surface area contributed by atoms with Gasteiger partial charge in [0.05, 0.1) is 5.75 Å². The minimum absolute atomic E-state index is 0.205. The summed E-state index contributed by atoms with van der Waals surface area (Å²) in [6.45, 7) is 8.29. The van der Waals surface area contributed by atoms with Gasteiger partial charge in [-0.2, -0.15) is 0 Å². The highest BCUT2D eigenvalue weighted by molar-refractivity contribution is 7.89. The molecule has 6 heteroatoms. The fourth-order valence-electron chi connectivity index (χ4n) is 2.48. The molecular weight excluding hydrogens is 276 g/mol. The normalized spacial score (nSPS) is 18.8. The van der Waals surface area contributed by atoms with Crippen molar-refractivity contribution >= 4 is 10.0 Å². The molecule has 1 aliphatic heterocycles. The van der Waals surface area contributed by atoms with Crippen LogP contribution in [-0.4, -0.2) is 58.4 Å². The van der Waals surface area contributed by atoms with Crippen LogP contribution in [0.25, 0.3) is 0 Å². The molecule has 5 nitrogen and oxygen atoms in total. The van der Waals surface area contributed by atoms with Gasteiger partial charge in [-0.05, 0) is 44.2 Å². The van der Waals surface area contributed by atoms with Gasteiger partial charge in [0, 0.05) is 26.8 Å². The predicted octanol–water partition coefficient (Wildman–Crippen LogP) is 1.31. The molecule has 0 spiro atoms. The van der Waals surface area contributed by atoms with Crippen molar-refractivity contribution in [1.82, 2.24) is 9.62 Å². The van der Waals surface area contributed by atoms with Crippen molar-refractivity contribution in [3.8, 4) is 0 Å². The second-order valence-corrected chi connectivity index (χ2v) is 8.15. The summed E-state index contributed by atoms with van der Waals surface area (Å²) in [7, 11) is -1.48. The van der Waals surface area contributed by atoms with E-state index in [1.807, 2.05) is 0 Å². The topological polar surface area (TPSA) is 58.6 Å². The summed E-state index contributed by atoms with van der Waals surface area (Å²) in [6.07, 6.45) is 2.51. The van der Waals surface area contributed by atoms with Crippen LogP contribution in [0.2, 0.25) is 0 Å². The van der Waals surface area contributed by atoms with E-state index in [1.54, 1.807) is 11.4 Å². The maximum Gasteiger partial charge on any atom is 0.214 e. The quantitative estimate of drug-likeness (QED) is 0.653. The molecule has 1 aliphatic rings. The van der Waals surface area contributed by atoms with Crippen LogP contribution < -0.4 is 5.32 Å². The van der Waals surface area contributed by atoms with Crippen molar-refractivity contribution in [2.45, 2.75) is 33.1 Å². The van der Waals surface area contributed by atoms with Crippen LogP contribution in [0.4, 0.5) is 0 Å². The second-order valence-electron chi connectivity index (χ2n) is 6.06. The molecule has 1 heterocycles. The van der Waals surface area contributed by atoms with Gasteiger partial charge >= 0.3 is 0 Å². The van der Waals surface area contributed by atoms with Crippen molar-refractivity contribution in [3.63, 3.8) is 0 Å². The predicted molar refractivity (Wildman–Crippen MR) is 82.3 cm³/mol. The van der Waals surface area contributed by atoms with Crippen LogP contribution >= 0.6 is 0 Å². The standard InChI is InChI=1S/C14H30N2O3S/c1-13(2)11-15-12-14-5-7-16(8-6-14)20(17,18)10-4-9-19-3/h13-15H,4-12H2,1-3H3. The smallest absolute Gasteiger partial charge is 0.214 e. The summed E-state index contributed by atoms with van der Waals surface area (Å²) >= 11 is 0. The molecule has 0 aromatic rings. The third kappa shape index (κ3) is 6.52. The zero-order chi connectivity index (χ0) is 15.0. The van der Waals surface area contributed by atoms with Crippen LogP contribution in [0.15, 0.2) is 0 Å². The van der Waals surface area contributed by atoms with Gasteiger partial charge in [0.1, 0.15) is 0 Å². The van der Waals surface area contributed by atoms with E-state index in [0.29, 0.717) is 38.0 Å². The first-order chi connectivity index (χ1) is 9.45. The lowest BCUT2D eigenvalue weighted by atomic mass is 9.98. The van der Waals surface area contributed by atoms with E-state index in [9.17, 15) is 8.42 Å². The van der Waals surface area contributed by atoms with Crippen molar-refractivity contribution in [1.29, 1.82) is 0 Å². The zero-order valence-corrected chi connectivity index (χ0v) is 13.9. The van der Waals surface area contributed by atoms with Gasteiger partial charge in [-0.15, -0.1) is 0 Å². The van der Waals surface area contributed by atoms with Gasteiger partial charge in [0.25, 0.3) is 0 Å². The Morgan fingerprint density at radius 1 is 1.30 bits per heavy atom. The average Bonchev–Trinajstić information content (AvgIpc) is 2.39. The number of sulfonamides is 1. The fraction of sp³-hybridized carbons (Fsp3) is 1.00. The van der Waals surface area contributed by atoms with Crippen molar-refractivity contribution in [2.75, 3.05) is 45.6 Å². The lowest BCUT2D eigenvalue weighted by molar-refractivity contribution is 0.198. The maximum atomic E-state index is 12.1. The molecule has 0 saturated carbocycles. The largest absolute Gasteiger partial charge is 0.385 e. The Hall–Kier alpha value is -0.170. The van der Waals surface area contributed by atoms with E-state index >= 15 is 0 Å². The molecule has 0 aromatic heterocycles. The van der Waals surface area contributed by atoms with E-state index < -0.39 is 10.0 Å². The fourth-order valence-corrected chi connectivity index (χ4v) is 3.99. The molecule has 0 radical (unpaired) electrons. The Balaban J connectivity index is 2.27. The number of ether oxygens (including phenoxy) is 1. The van der Waals surface area contributed by atoms with E-state index in [2.05, 4.69) is 19.2 Å². The highest BCUT2D eigenvalue weighted by Crippen LogP contribution is 2.19. The molecule has 0 aliphatic carbocycles. The van der Waals surface area contributed by atoms with Gasteiger partial charge in [0.15, 0.2) is 0 Å². The lowest BCUT2D eigenvalue weighted by Gasteiger charge is -2.31.